The van der Waals surface area contributed by atoms with Crippen molar-refractivity contribution in [3.63, 3.8) is 0 Å². The number of benzene rings is 3. The highest BCUT2D eigenvalue weighted by Crippen LogP contribution is 2.37. The Bertz CT molecular complexity index is 1020. The summed E-state index contributed by atoms with van der Waals surface area (Å²) in [5.41, 5.74) is 5.30. The van der Waals surface area contributed by atoms with E-state index in [1.165, 1.54) is 11.1 Å². The maximum Gasteiger partial charge on any atom is 0.180 e. The molecule has 0 heterocycles. The fourth-order valence-corrected chi connectivity index (χ4v) is 3.68. The summed E-state index contributed by atoms with van der Waals surface area (Å²) < 4.78 is 11.4. The van der Waals surface area contributed by atoms with Crippen LogP contribution in [0, 0.1) is 13.8 Å². The topological polar surface area (TPSA) is 30.5 Å². The predicted molar refractivity (Wildman–Crippen MR) is 122 cm³/mol. The van der Waals surface area contributed by atoms with E-state index >= 15 is 0 Å². The van der Waals surface area contributed by atoms with Crippen molar-refractivity contribution in [1.82, 2.24) is 0 Å². The number of methoxy groups -OCH3 is 1. The van der Waals surface area contributed by atoms with Crippen molar-refractivity contribution >= 4 is 40.5 Å². The Morgan fingerprint density at radius 3 is 2.41 bits per heavy atom. The van der Waals surface area contributed by atoms with Crippen LogP contribution in [0.15, 0.2) is 48.5 Å². The number of halogens is 3. The monoisotopic (exact) mass is 449 g/mol. The molecule has 0 spiro atoms. The van der Waals surface area contributed by atoms with Crippen molar-refractivity contribution in [3.05, 3.63) is 85.9 Å². The van der Waals surface area contributed by atoms with Gasteiger partial charge in [-0.05, 0) is 60.9 Å². The van der Waals surface area contributed by atoms with Crippen molar-refractivity contribution in [2.75, 3.05) is 12.4 Å². The molecule has 152 valence electrons. The summed E-state index contributed by atoms with van der Waals surface area (Å²) in [6.07, 6.45) is 0. The van der Waals surface area contributed by atoms with Crippen LogP contribution in [0.25, 0.3) is 0 Å². The number of rotatable bonds is 7. The molecule has 0 saturated heterocycles. The molecule has 0 aliphatic carbocycles. The summed E-state index contributed by atoms with van der Waals surface area (Å²) in [5, 5.41) is 5.05. The van der Waals surface area contributed by atoms with Gasteiger partial charge in [0.1, 0.15) is 6.61 Å². The minimum absolute atomic E-state index is 0.256. The zero-order valence-corrected chi connectivity index (χ0v) is 18.8. The van der Waals surface area contributed by atoms with E-state index in [0.717, 1.165) is 16.8 Å². The second kappa shape index (κ2) is 9.62. The van der Waals surface area contributed by atoms with E-state index < -0.39 is 0 Å². The van der Waals surface area contributed by atoms with Gasteiger partial charge in [-0.2, -0.15) is 0 Å². The Balaban J connectivity index is 1.75. The van der Waals surface area contributed by atoms with Crippen LogP contribution in [0.4, 0.5) is 5.69 Å². The molecule has 3 aromatic rings. The Morgan fingerprint density at radius 1 is 0.897 bits per heavy atom. The van der Waals surface area contributed by atoms with Crippen LogP contribution >= 0.6 is 34.8 Å². The lowest BCUT2D eigenvalue weighted by molar-refractivity contribution is 0.284. The van der Waals surface area contributed by atoms with Crippen molar-refractivity contribution in [1.29, 1.82) is 0 Å². The van der Waals surface area contributed by atoms with Crippen LogP contribution in [0.5, 0.6) is 11.5 Å². The van der Waals surface area contributed by atoms with Gasteiger partial charge in [-0.3, -0.25) is 0 Å². The number of ether oxygens (including phenoxy) is 2. The van der Waals surface area contributed by atoms with Crippen LogP contribution in [-0.2, 0) is 13.2 Å². The van der Waals surface area contributed by atoms with Crippen molar-refractivity contribution in [2.45, 2.75) is 27.0 Å². The molecule has 0 aromatic heterocycles. The minimum Gasteiger partial charge on any atom is -0.493 e. The quantitative estimate of drug-likeness (QED) is 0.405. The third-order valence-corrected chi connectivity index (χ3v) is 5.42. The first kappa shape index (κ1) is 21.6. The van der Waals surface area contributed by atoms with Crippen LogP contribution in [0.2, 0.25) is 15.1 Å². The zero-order chi connectivity index (χ0) is 21.0. The first-order chi connectivity index (χ1) is 13.9. The Labute approximate surface area is 186 Å². The highest BCUT2D eigenvalue weighted by molar-refractivity contribution is 6.35. The van der Waals surface area contributed by atoms with Gasteiger partial charge in [-0.25, -0.2) is 0 Å². The highest BCUT2D eigenvalue weighted by Gasteiger charge is 2.14. The molecule has 3 nitrogen and oxygen atoms in total. The van der Waals surface area contributed by atoms with Gasteiger partial charge >= 0.3 is 0 Å². The van der Waals surface area contributed by atoms with E-state index in [1.54, 1.807) is 19.2 Å². The van der Waals surface area contributed by atoms with Crippen molar-refractivity contribution in [3.8, 4) is 11.5 Å². The fraction of sp³-hybridized carbons (Fsp3) is 0.217. The van der Waals surface area contributed by atoms with Crippen molar-refractivity contribution in [2.24, 2.45) is 0 Å². The normalized spacial score (nSPS) is 10.7. The maximum absolute atomic E-state index is 6.50. The third kappa shape index (κ3) is 5.51. The average molecular weight is 451 g/mol. The van der Waals surface area contributed by atoms with Gasteiger partial charge in [0.2, 0.25) is 0 Å². The lowest BCUT2D eigenvalue weighted by atomic mass is 10.1. The number of aryl methyl sites for hydroxylation is 2. The van der Waals surface area contributed by atoms with E-state index in [0.29, 0.717) is 33.1 Å². The molecular formula is C23H22Cl3NO2. The standard InChI is InChI=1S/C23H22Cl3NO2/c1-14-4-5-15(2)21(8-14)27-12-16-9-20(26)23(22(10-16)28-3)29-13-17-6-7-18(24)11-19(17)25/h4-11,27H,12-13H2,1-3H3. The van der Waals surface area contributed by atoms with Gasteiger partial charge in [-0.15, -0.1) is 0 Å². The van der Waals surface area contributed by atoms with Crippen LogP contribution in [0.1, 0.15) is 22.3 Å². The molecule has 0 unspecified atom stereocenters. The van der Waals surface area contributed by atoms with Gasteiger partial charge in [0, 0.05) is 27.8 Å². The number of nitrogens with one attached hydrogen (secondary N) is 1. The van der Waals surface area contributed by atoms with E-state index in [2.05, 4.69) is 37.4 Å². The van der Waals surface area contributed by atoms with Gasteiger partial charge in [0.05, 0.1) is 12.1 Å². The summed E-state index contributed by atoms with van der Waals surface area (Å²) >= 11 is 18.7. The summed E-state index contributed by atoms with van der Waals surface area (Å²) in [6, 6.07) is 15.4. The minimum atomic E-state index is 0.256. The summed E-state index contributed by atoms with van der Waals surface area (Å²) in [5.74, 6) is 1.05. The molecule has 6 heteroatoms. The van der Waals surface area contributed by atoms with Gasteiger partial charge < -0.3 is 14.8 Å². The lowest BCUT2D eigenvalue weighted by Crippen LogP contribution is -2.04. The Morgan fingerprint density at radius 2 is 1.69 bits per heavy atom. The van der Waals surface area contributed by atoms with E-state index in [1.807, 2.05) is 18.2 Å². The van der Waals surface area contributed by atoms with Crippen molar-refractivity contribution < 1.29 is 9.47 Å². The molecule has 0 bridgehead atoms. The summed E-state index contributed by atoms with van der Waals surface area (Å²) in [7, 11) is 1.59. The van der Waals surface area contributed by atoms with Gasteiger partial charge in [-0.1, -0.05) is 53.0 Å². The Kier molecular flexibility index (Phi) is 7.18. The van der Waals surface area contributed by atoms with Gasteiger partial charge in [0.25, 0.3) is 0 Å². The number of anilines is 1. The summed E-state index contributed by atoms with van der Waals surface area (Å²) in [6.45, 7) is 5.02. The third-order valence-electron chi connectivity index (χ3n) is 4.55. The van der Waals surface area contributed by atoms with Crippen LogP contribution in [0.3, 0.4) is 0 Å². The van der Waals surface area contributed by atoms with Crippen LogP contribution < -0.4 is 14.8 Å². The molecule has 0 radical (unpaired) electrons. The molecular weight excluding hydrogens is 429 g/mol. The molecule has 3 rings (SSSR count). The fourth-order valence-electron chi connectivity index (χ4n) is 2.93. The average Bonchev–Trinajstić information content (AvgIpc) is 2.68. The first-order valence-corrected chi connectivity index (χ1v) is 10.2. The molecule has 0 atom stereocenters. The Hall–Kier alpha value is -2.07. The molecule has 0 saturated carbocycles. The van der Waals surface area contributed by atoms with E-state index in [4.69, 9.17) is 44.3 Å². The first-order valence-electron chi connectivity index (χ1n) is 9.11. The number of hydrogen-bond donors (Lipinski definition) is 1. The lowest BCUT2D eigenvalue weighted by Gasteiger charge is -2.16. The maximum atomic E-state index is 6.50. The SMILES string of the molecule is COc1cc(CNc2cc(C)ccc2C)cc(Cl)c1OCc1ccc(Cl)cc1Cl. The second-order valence-electron chi connectivity index (χ2n) is 6.81. The zero-order valence-electron chi connectivity index (χ0n) is 16.5. The van der Waals surface area contributed by atoms with Crippen LogP contribution in [-0.4, -0.2) is 7.11 Å². The largest absolute Gasteiger partial charge is 0.493 e. The molecule has 0 aliphatic heterocycles. The molecule has 0 aliphatic rings. The second-order valence-corrected chi connectivity index (χ2v) is 8.06. The summed E-state index contributed by atoms with van der Waals surface area (Å²) in [4.78, 5) is 0. The number of hydrogen-bond acceptors (Lipinski definition) is 3. The van der Waals surface area contributed by atoms with E-state index in [9.17, 15) is 0 Å². The molecule has 0 amide bonds. The molecule has 1 N–H and O–H groups in total. The smallest absolute Gasteiger partial charge is 0.180 e. The predicted octanol–water partition coefficient (Wildman–Crippen LogP) is 7.46. The molecule has 29 heavy (non-hydrogen) atoms. The van der Waals surface area contributed by atoms with Gasteiger partial charge in [0.15, 0.2) is 11.5 Å². The van der Waals surface area contributed by atoms with E-state index in [-0.39, 0.29) is 6.61 Å². The molecule has 0 fully saturated rings. The molecule has 3 aromatic carbocycles. The highest BCUT2D eigenvalue weighted by atomic mass is 35.5.